The smallest absolute Gasteiger partial charge is 0.232 e. The summed E-state index contributed by atoms with van der Waals surface area (Å²) in [4.78, 5) is 21.4. The number of unbranched alkanes of at least 4 members (excludes halogenated alkanes) is 2. The summed E-state index contributed by atoms with van der Waals surface area (Å²) >= 11 is 0. The molecule has 1 heterocycles. The second-order valence-electron chi connectivity index (χ2n) is 8.62. The number of rotatable bonds is 10. The molecule has 0 bridgehead atoms. The number of benzene rings is 3. The van der Waals surface area contributed by atoms with Crippen LogP contribution < -0.4 is 9.80 Å². The molecule has 0 aliphatic rings. The molecule has 1 aromatic heterocycles. The van der Waals surface area contributed by atoms with Crippen LogP contribution in [0.5, 0.6) is 0 Å². The van der Waals surface area contributed by atoms with Crippen molar-refractivity contribution in [1.29, 1.82) is 0 Å². The van der Waals surface area contributed by atoms with Gasteiger partial charge in [-0.05, 0) is 23.6 Å². The second kappa shape index (κ2) is 10.9. The Morgan fingerprint density at radius 2 is 1.45 bits per heavy atom. The normalized spacial score (nSPS) is 11.0. The van der Waals surface area contributed by atoms with E-state index in [0.29, 0.717) is 13.0 Å². The molecule has 0 aliphatic carbocycles. The Bertz CT molecular complexity index is 1170. The highest BCUT2D eigenvalue weighted by Gasteiger charge is 2.24. The van der Waals surface area contributed by atoms with Crippen LogP contribution in [0.4, 0.5) is 11.5 Å². The molecule has 33 heavy (non-hydrogen) atoms. The van der Waals surface area contributed by atoms with Gasteiger partial charge in [0, 0.05) is 31.0 Å². The molecule has 1 N–H and O–H groups in total. The lowest BCUT2D eigenvalue weighted by Crippen LogP contribution is -2.35. The van der Waals surface area contributed by atoms with E-state index < -0.39 is 0 Å². The van der Waals surface area contributed by atoms with Gasteiger partial charge in [0.15, 0.2) is 0 Å². The number of carbonyl (C=O) groups excluding carboxylic acids is 1. The highest BCUT2D eigenvalue weighted by Crippen LogP contribution is 2.38. The van der Waals surface area contributed by atoms with Crippen molar-refractivity contribution in [2.75, 3.05) is 23.4 Å². The summed E-state index contributed by atoms with van der Waals surface area (Å²) < 4.78 is 0. The lowest BCUT2D eigenvalue weighted by atomic mass is 10.1. The van der Waals surface area contributed by atoms with Crippen LogP contribution in [-0.4, -0.2) is 24.5 Å². The molecule has 0 aliphatic heterocycles. The van der Waals surface area contributed by atoms with Crippen LogP contribution in [0.15, 0.2) is 84.9 Å². The minimum Gasteiger partial charge on any atom is -0.367 e. The maximum Gasteiger partial charge on any atom is 0.232 e. The van der Waals surface area contributed by atoms with Gasteiger partial charge in [0.25, 0.3) is 0 Å². The van der Waals surface area contributed by atoms with E-state index in [1.54, 1.807) is 0 Å². The summed E-state index contributed by atoms with van der Waals surface area (Å²) in [6.07, 6.45) is 3.59. The molecule has 0 saturated heterocycles. The molecule has 0 spiro atoms. The number of hydrogen-bond donors (Lipinski definition) is 1. The van der Waals surface area contributed by atoms with E-state index in [4.69, 9.17) is 0 Å². The molecule has 4 nitrogen and oxygen atoms in total. The third-order valence-electron chi connectivity index (χ3n) is 6.06. The molecule has 0 fully saturated rings. The van der Waals surface area contributed by atoms with E-state index in [0.717, 1.165) is 53.8 Å². The van der Waals surface area contributed by atoms with Gasteiger partial charge in [-0.2, -0.15) is 0 Å². The average Bonchev–Trinajstić information content (AvgIpc) is 3.22. The number of aromatic nitrogens is 1. The maximum absolute atomic E-state index is 13.6. The van der Waals surface area contributed by atoms with E-state index in [1.165, 1.54) is 5.56 Å². The number of H-pyrrole nitrogens is 1. The van der Waals surface area contributed by atoms with Crippen LogP contribution in [0.2, 0.25) is 0 Å². The molecule has 0 radical (unpaired) electrons. The Labute approximate surface area is 196 Å². The summed E-state index contributed by atoms with van der Waals surface area (Å²) in [5.41, 5.74) is 4.41. The van der Waals surface area contributed by atoms with E-state index >= 15 is 0 Å². The van der Waals surface area contributed by atoms with Crippen LogP contribution in [0, 0.1) is 0 Å². The summed E-state index contributed by atoms with van der Waals surface area (Å²) in [5.74, 6) is 1.02. The number of aromatic amines is 1. The van der Waals surface area contributed by atoms with Gasteiger partial charge in [-0.3, -0.25) is 9.69 Å². The molecule has 4 heteroatoms. The Morgan fingerprint density at radius 3 is 2.15 bits per heavy atom. The molecule has 3 aromatic carbocycles. The highest BCUT2D eigenvalue weighted by atomic mass is 16.2. The van der Waals surface area contributed by atoms with Crippen LogP contribution in [0.3, 0.4) is 0 Å². The van der Waals surface area contributed by atoms with Crippen molar-refractivity contribution < 1.29 is 4.79 Å². The van der Waals surface area contributed by atoms with Gasteiger partial charge in [0.05, 0.1) is 12.1 Å². The van der Waals surface area contributed by atoms with Gasteiger partial charge >= 0.3 is 0 Å². The number of para-hydroxylation sites is 1. The first-order valence-corrected chi connectivity index (χ1v) is 11.9. The molecule has 0 saturated carbocycles. The van der Waals surface area contributed by atoms with Crippen molar-refractivity contribution in [2.24, 2.45) is 0 Å². The van der Waals surface area contributed by atoms with Crippen LogP contribution in [0.25, 0.3) is 10.9 Å². The third kappa shape index (κ3) is 5.46. The fraction of sp³-hybridized carbons (Fsp3) is 0.276. The fourth-order valence-electron chi connectivity index (χ4n) is 4.38. The summed E-state index contributed by atoms with van der Waals surface area (Å²) in [6.45, 7) is 3.67. The first-order chi connectivity index (χ1) is 16.2. The van der Waals surface area contributed by atoms with Crippen molar-refractivity contribution in [2.45, 2.75) is 39.2 Å². The number of amides is 1. The van der Waals surface area contributed by atoms with Gasteiger partial charge < -0.3 is 9.88 Å². The van der Waals surface area contributed by atoms with Gasteiger partial charge in [0.2, 0.25) is 5.91 Å². The first-order valence-electron chi connectivity index (χ1n) is 11.9. The van der Waals surface area contributed by atoms with E-state index in [9.17, 15) is 4.79 Å². The number of nitrogens with one attached hydrogen (secondary N) is 1. The Kier molecular flexibility index (Phi) is 7.46. The number of fused-ring (bicyclic) bond motifs is 1. The molecular weight excluding hydrogens is 406 g/mol. The summed E-state index contributed by atoms with van der Waals surface area (Å²) in [6, 6.07) is 28.8. The zero-order valence-electron chi connectivity index (χ0n) is 19.6. The zero-order chi connectivity index (χ0) is 23.0. The number of anilines is 2. The van der Waals surface area contributed by atoms with Gasteiger partial charge in [-0.15, -0.1) is 0 Å². The number of nitrogens with zero attached hydrogens (tertiary/aromatic N) is 2. The molecule has 0 unspecified atom stereocenters. The largest absolute Gasteiger partial charge is 0.367 e. The van der Waals surface area contributed by atoms with Crippen molar-refractivity contribution in [1.82, 2.24) is 4.98 Å². The molecule has 170 valence electrons. The van der Waals surface area contributed by atoms with Crippen molar-refractivity contribution in [3.05, 3.63) is 96.1 Å². The molecule has 1 amide bonds. The van der Waals surface area contributed by atoms with Crippen LogP contribution in [0.1, 0.15) is 37.3 Å². The van der Waals surface area contributed by atoms with Crippen LogP contribution >= 0.6 is 0 Å². The SMILES string of the molecule is CCCCCN(C(=O)Cc1ccccc1)c1[nH]c2ccccc2c1N(C)Cc1ccccc1. The van der Waals surface area contributed by atoms with E-state index in [1.807, 2.05) is 47.4 Å². The lowest BCUT2D eigenvalue weighted by Gasteiger charge is -2.27. The third-order valence-corrected chi connectivity index (χ3v) is 6.06. The number of hydrogen-bond acceptors (Lipinski definition) is 2. The molecule has 4 rings (SSSR count). The molecule has 0 atom stereocenters. The van der Waals surface area contributed by atoms with E-state index in [-0.39, 0.29) is 5.91 Å². The first kappa shape index (κ1) is 22.7. The standard InChI is InChI=1S/C29H33N3O/c1-3-4-13-20-32(27(33)21-23-14-7-5-8-15-23)29-28(25-18-11-12-19-26(25)30-29)31(2)22-24-16-9-6-10-17-24/h5-12,14-19,30H,3-4,13,20-22H2,1-2H3. The minimum absolute atomic E-state index is 0.123. The average molecular weight is 440 g/mol. The van der Waals surface area contributed by atoms with Gasteiger partial charge in [-0.1, -0.05) is 98.6 Å². The summed E-state index contributed by atoms with van der Waals surface area (Å²) in [7, 11) is 2.11. The van der Waals surface area contributed by atoms with E-state index in [2.05, 4.69) is 66.3 Å². The summed E-state index contributed by atoms with van der Waals surface area (Å²) in [5, 5.41) is 1.14. The van der Waals surface area contributed by atoms with Crippen LogP contribution in [-0.2, 0) is 17.8 Å². The predicted molar refractivity (Wildman–Crippen MR) is 139 cm³/mol. The Morgan fingerprint density at radius 1 is 0.818 bits per heavy atom. The second-order valence-corrected chi connectivity index (χ2v) is 8.62. The molecular formula is C29H33N3O. The van der Waals surface area contributed by atoms with Gasteiger partial charge in [0.1, 0.15) is 5.82 Å². The molecule has 4 aromatic rings. The minimum atomic E-state index is 0.123. The highest BCUT2D eigenvalue weighted by molar-refractivity contribution is 6.06. The fourth-order valence-corrected chi connectivity index (χ4v) is 4.38. The Balaban J connectivity index is 1.72. The monoisotopic (exact) mass is 439 g/mol. The van der Waals surface area contributed by atoms with Crippen molar-refractivity contribution in [3.8, 4) is 0 Å². The predicted octanol–water partition coefficient (Wildman–Crippen LogP) is 6.57. The van der Waals surface area contributed by atoms with Crippen molar-refractivity contribution in [3.63, 3.8) is 0 Å². The van der Waals surface area contributed by atoms with Crippen molar-refractivity contribution >= 4 is 28.3 Å². The topological polar surface area (TPSA) is 39.3 Å². The Hall–Kier alpha value is -3.53. The number of carbonyl (C=O) groups is 1. The van der Waals surface area contributed by atoms with Gasteiger partial charge in [-0.25, -0.2) is 0 Å². The lowest BCUT2D eigenvalue weighted by molar-refractivity contribution is -0.118. The maximum atomic E-state index is 13.6. The zero-order valence-corrected chi connectivity index (χ0v) is 19.6. The quantitative estimate of drug-likeness (QED) is 0.284.